The minimum atomic E-state index is -1.77. The zero-order valence-corrected chi connectivity index (χ0v) is 23.4. The monoisotopic (exact) mass is 540 g/mol. The van der Waals surface area contributed by atoms with Crippen LogP contribution < -0.4 is 5.32 Å². The van der Waals surface area contributed by atoms with Gasteiger partial charge in [0.2, 0.25) is 0 Å². The molecule has 1 aromatic rings. The largest absolute Gasteiger partial charge is 0.475 e. The minimum absolute atomic E-state index is 0.0524. The van der Waals surface area contributed by atoms with Crippen molar-refractivity contribution in [3.63, 3.8) is 0 Å². The number of hydrogen-bond donors (Lipinski definition) is 3. The predicted molar refractivity (Wildman–Crippen MR) is 147 cm³/mol. The molecule has 0 aromatic heterocycles. The third-order valence-electron chi connectivity index (χ3n) is 7.23. The van der Waals surface area contributed by atoms with Crippen LogP contribution in [0.1, 0.15) is 52.5 Å². The van der Waals surface area contributed by atoms with Crippen molar-refractivity contribution in [3.05, 3.63) is 47.5 Å². The number of hydrogen-bond acceptors (Lipinski definition) is 8. The molecule has 1 unspecified atom stereocenters. The van der Waals surface area contributed by atoms with Gasteiger partial charge < -0.3 is 29.7 Å². The average molecular weight is 540 g/mol. The van der Waals surface area contributed by atoms with Crippen LogP contribution in [0.25, 0.3) is 0 Å². The highest BCUT2D eigenvalue weighted by Crippen LogP contribution is 2.25. The second kappa shape index (κ2) is 13.9. The summed E-state index contributed by atoms with van der Waals surface area (Å²) in [7, 11) is -1.77. The first-order chi connectivity index (χ1) is 18.5. The van der Waals surface area contributed by atoms with Gasteiger partial charge in [-0.25, -0.2) is 4.79 Å². The smallest absolute Gasteiger partial charge is 0.444 e. The van der Waals surface area contributed by atoms with Crippen LogP contribution >= 0.6 is 0 Å². The molecule has 10 nitrogen and oxygen atoms in total. The van der Waals surface area contributed by atoms with E-state index in [9.17, 15) is 24.9 Å². The van der Waals surface area contributed by atoms with Crippen molar-refractivity contribution < 1.29 is 29.1 Å². The third kappa shape index (κ3) is 9.07. The molecule has 0 aliphatic carbocycles. The van der Waals surface area contributed by atoms with Gasteiger partial charge in [-0.2, -0.15) is 5.26 Å². The summed E-state index contributed by atoms with van der Waals surface area (Å²) in [5.74, 6) is -1.34. The first-order valence-electron chi connectivity index (χ1n) is 13.7. The maximum atomic E-state index is 13.4. The summed E-state index contributed by atoms with van der Waals surface area (Å²) in [6, 6.07) is 11.3. The molecule has 2 aliphatic heterocycles. The lowest BCUT2D eigenvalue weighted by Gasteiger charge is -2.43. The lowest BCUT2D eigenvalue weighted by atomic mass is 9.76. The van der Waals surface area contributed by atoms with Crippen LogP contribution in [-0.2, 0) is 20.7 Å². The lowest BCUT2D eigenvalue weighted by Crippen LogP contribution is -2.54. The van der Waals surface area contributed by atoms with E-state index in [0.717, 1.165) is 18.4 Å². The van der Waals surface area contributed by atoms with Crippen molar-refractivity contribution in [3.8, 4) is 6.07 Å². The van der Waals surface area contributed by atoms with Crippen molar-refractivity contribution in [1.29, 1.82) is 5.26 Å². The quantitative estimate of drug-likeness (QED) is 0.259. The van der Waals surface area contributed by atoms with Gasteiger partial charge in [-0.15, -0.1) is 0 Å². The van der Waals surface area contributed by atoms with E-state index < -0.39 is 30.8 Å². The van der Waals surface area contributed by atoms with Gasteiger partial charge in [-0.05, 0) is 65.0 Å². The zero-order valence-electron chi connectivity index (χ0n) is 23.4. The summed E-state index contributed by atoms with van der Waals surface area (Å²) in [5, 5.41) is 32.0. The van der Waals surface area contributed by atoms with Crippen molar-refractivity contribution in [2.45, 2.75) is 83.2 Å². The van der Waals surface area contributed by atoms with E-state index in [4.69, 9.17) is 9.47 Å². The fourth-order valence-corrected chi connectivity index (χ4v) is 5.22. The molecule has 2 saturated heterocycles. The van der Waals surface area contributed by atoms with Gasteiger partial charge in [0.15, 0.2) is 0 Å². The molecule has 1 aromatic carbocycles. The molecular formula is C28H41BN4O6. The van der Waals surface area contributed by atoms with Gasteiger partial charge in [0.1, 0.15) is 17.7 Å². The standard InChI is InChI=1S/C28H41BN4O6/c1-20-17-33(18-21(2)38-20)28(3,4)15-23(16-30)26(34)32-13-9-8-12-24(19-32)39-27(35)31-25(29(36)37)14-22-10-6-5-7-11-22/h5-7,10-11,15,20-21,24-25,36-37H,8-9,12-14,17-19H2,1-4H3,(H,31,35)/t20-,21-,24?,25-/m0/s1. The van der Waals surface area contributed by atoms with Crippen LogP contribution in [0.2, 0.25) is 0 Å². The molecule has 39 heavy (non-hydrogen) atoms. The van der Waals surface area contributed by atoms with E-state index in [-0.39, 0.29) is 36.7 Å². The topological polar surface area (TPSA) is 135 Å². The second-order valence-electron chi connectivity index (χ2n) is 11.1. The molecule has 2 fully saturated rings. The highest BCUT2D eigenvalue weighted by Gasteiger charge is 2.34. The number of nitrogens with zero attached hydrogens (tertiary/aromatic N) is 3. The second-order valence-corrected chi connectivity index (χ2v) is 11.1. The normalized spacial score (nSPS) is 23.8. The number of morpholine rings is 1. The number of likely N-dealkylation sites (tertiary alicyclic amines) is 1. The fourth-order valence-electron chi connectivity index (χ4n) is 5.22. The van der Waals surface area contributed by atoms with E-state index in [2.05, 4.69) is 16.3 Å². The first-order valence-corrected chi connectivity index (χ1v) is 13.7. The molecular weight excluding hydrogens is 499 g/mol. The summed E-state index contributed by atoms with van der Waals surface area (Å²) >= 11 is 0. The zero-order chi connectivity index (χ0) is 28.6. The molecule has 2 amide bonds. The number of nitrogens with one attached hydrogen (secondary N) is 1. The molecule has 2 aliphatic rings. The summed E-state index contributed by atoms with van der Waals surface area (Å²) < 4.78 is 11.4. The van der Waals surface area contributed by atoms with Crippen LogP contribution in [0.5, 0.6) is 0 Å². The highest BCUT2D eigenvalue weighted by atomic mass is 16.6. The van der Waals surface area contributed by atoms with Gasteiger partial charge in [0.25, 0.3) is 5.91 Å². The molecule has 0 spiro atoms. The number of benzene rings is 1. The van der Waals surface area contributed by atoms with Crippen LogP contribution in [0.3, 0.4) is 0 Å². The number of rotatable bonds is 8. The van der Waals surface area contributed by atoms with Gasteiger partial charge >= 0.3 is 13.2 Å². The highest BCUT2D eigenvalue weighted by molar-refractivity contribution is 6.43. The van der Waals surface area contributed by atoms with Gasteiger partial charge in [0.05, 0.1) is 24.7 Å². The van der Waals surface area contributed by atoms with Crippen LogP contribution in [0.15, 0.2) is 42.0 Å². The Hall–Kier alpha value is -2.91. The number of ether oxygens (including phenoxy) is 2. The molecule has 212 valence electrons. The maximum absolute atomic E-state index is 13.4. The average Bonchev–Trinajstić information content (AvgIpc) is 3.12. The number of alkyl carbamates (subject to hydrolysis) is 1. The van der Waals surface area contributed by atoms with E-state index in [1.807, 2.05) is 58.0 Å². The number of amides is 2. The Morgan fingerprint density at radius 3 is 2.49 bits per heavy atom. The van der Waals surface area contributed by atoms with Gasteiger partial charge in [0, 0.05) is 25.2 Å². The van der Waals surface area contributed by atoms with Gasteiger partial charge in [-0.1, -0.05) is 30.3 Å². The molecule has 4 atom stereocenters. The summed E-state index contributed by atoms with van der Waals surface area (Å²) in [6.45, 7) is 10.0. The van der Waals surface area contributed by atoms with E-state index >= 15 is 0 Å². The van der Waals surface area contributed by atoms with E-state index in [1.54, 1.807) is 11.0 Å². The number of nitriles is 1. The Balaban J connectivity index is 1.64. The Kier molecular flexibility index (Phi) is 11.0. The Labute approximate surface area is 231 Å². The molecule has 0 saturated carbocycles. The Morgan fingerprint density at radius 1 is 1.21 bits per heavy atom. The summed E-state index contributed by atoms with van der Waals surface area (Å²) in [4.78, 5) is 29.9. The van der Waals surface area contributed by atoms with E-state index in [1.165, 1.54) is 0 Å². The molecule has 11 heteroatoms. The molecule has 2 heterocycles. The third-order valence-corrected chi connectivity index (χ3v) is 7.23. The van der Waals surface area contributed by atoms with Gasteiger partial charge in [-0.3, -0.25) is 9.69 Å². The minimum Gasteiger partial charge on any atom is -0.444 e. The predicted octanol–water partition coefficient (Wildman–Crippen LogP) is 2.05. The fraction of sp³-hybridized carbons (Fsp3) is 0.607. The molecule has 3 N–H and O–H groups in total. The van der Waals surface area contributed by atoms with Crippen LogP contribution in [0.4, 0.5) is 4.79 Å². The molecule has 0 radical (unpaired) electrons. The van der Waals surface area contributed by atoms with Crippen molar-refractivity contribution in [2.75, 3.05) is 26.2 Å². The van der Waals surface area contributed by atoms with Crippen molar-refractivity contribution in [1.82, 2.24) is 15.1 Å². The Morgan fingerprint density at radius 2 is 1.87 bits per heavy atom. The number of carbonyl (C=O) groups is 2. The number of carbonyl (C=O) groups excluding carboxylic acids is 2. The Bertz CT molecular complexity index is 1030. The first kappa shape index (κ1) is 30.6. The molecule has 3 rings (SSSR count). The van der Waals surface area contributed by atoms with E-state index in [0.29, 0.717) is 26.1 Å². The summed E-state index contributed by atoms with van der Waals surface area (Å²) in [6.07, 6.45) is 2.71. The maximum Gasteiger partial charge on any atom is 0.475 e. The lowest BCUT2D eigenvalue weighted by molar-refractivity contribution is -0.128. The summed E-state index contributed by atoms with van der Waals surface area (Å²) in [5.41, 5.74) is 0.359. The van der Waals surface area contributed by atoms with Crippen molar-refractivity contribution >= 4 is 19.1 Å². The van der Waals surface area contributed by atoms with Crippen LogP contribution in [-0.4, -0.2) is 94.9 Å². The van der Waals surface area contributed by atoms with Crippen LogP contribution in [0, 0.1) is 11.3 Å². The SMILES string of the molecule is C[C@H]1CN(C(C)(C)C=C(C#N)C(=O)N2CCCCC(OC(=O)N[C@@H](Cc3ccccc3)B(O)O)C2)C[C@H](C)O1. The molecule has 0 bridgehead atoms. The van der Waals surface area contributed by atoms with Crippen molar-refractivity contribution in [2.24, 2.45) is 0 Å².